The molecule has 0 aliphatic heterocycles. The molecule has 2 aromatic carbocycles. The minimum absolute atomic E-state index is 0.000772. The Bertz CT molecular complexity index is 1470. The van der Waals surface area contributed by atoms with E-state index in [1.165, 1.54) is 19.2 Å². The normalized spacial score (nSPS) is 12.5. The smallest absolute Gasteiger partial charge is 0.433 e. The minimum Gasteiger partial charge on any atom is -0.494 e. The number of aliphatic hydroxyl groups is 1. The number of hydrogen-bond donors (Lipinski definition) is 3. The highest BCUT2D eigenvalue weighted by Crippen LogP contribution is 2.37. The SMILES string of the molecule is COc1ccc(-c2nc(C(=O)NCc3ccc(F)cc3F)c(C(N)CO)o2)c2ccc(C(F)(F)F)nc12. The summed E-state index contributed by atoms with van der Waals surface area (Å²) in [5.74, 6) is -2.84. The number of alkyl halides is 3. The van der Waals surface area contributed by atoms with Gasteiger partial charge in [-0.3, -0.25) is 4.79 Å². The van der Waals surface area contributed by atoms with Gasteiger partial charge in [0.25, 0.3) is 5.91 Å². The van der Waals surface area contributed by atoms with Gasteiger partial charge in [0.15, 0.2) is 11.5 Å². The molecule has 13 heteroatoms. The summed E-state index contributed by atoms with van der Waals surface area (Å²) >= 11 is 0. The number of rotatable bonds is 7. The van der Waals surface area contributed by atoms with Gasteiger partial charge in [-0.15, -0.1) is 0 Å². The maximum Gasteiger partial charge on any atom is 0.433 e. The number of fused-ring (bicyclic) bond motifs is 1. The summed E-state index contributed by atoms with van der Waals surface area (Å²) in [6.07, 6.45) is -4.70. The molecule has 4 aromatic rings. The number of oxazole rings is 1. The zero-order valence-corrected chi connectivity index (χ0v) is 19.1. The van der Waals surface area contributed by atoms with Crippen LogP contribution in [0.5, 0.6) is 5.75 Å². The zero-order valence-electron chi connectivity index (χ0n) is 19.1. The van der Waals surface area contributed by atoms with Crippen LogP contribution in [-0.2, 0) is 12.7 Å². The first-order chi connectivity index (χ1) is 17.5. The summed E-state index contributed by atoms with van der Waals surface area (Å²) in [7, 11) is 1.27. The molecule has 1 unspecified atom stereocenters. The van der Waals surface area contributed by atoms with E-state index in [4.69, 9.17) is 14.9 Å². The lowest BCUT2D eigenvalue weighted by atomic mass is 10.1. The quantitative estimate of drug-likeness (QED) is 0.312. The van der Waals surface area contributed by atoms with Gasteiger partial charge in [0.2, 0.25) is 5.89 Å². The first-order valence-corrected chi connectivity index (χ1v) is 10.7. The number of nitrogens with zero attached hydrogens (tertiary/aromatic N) is 2. The number of aliphatic hydroxyl groups excluding tert-OH is 1. The summed E-state index contributed by atoms with van der Waals surface area (Å²) in [5, 5.41) is 12.1. The molecule has 2 heterocycles. The van der Waals surface area contributed by atoms with Crippen LogP contribution in [0.3, 0.4) is 0 Å². The van der Waals surface area contributed by atoms with E-state index >= 15 is 0 Å². The molecule has 194 valence electrons. The van der Waals surface area contributed by atoms with Gasteiger partial charge in [0.1, 0.15) is 28.6 Å². The molecule has 0 radical (unpaired) electrons. The van der Waals surface area contributed by atoms with Gasteiger partial charge < -0.3 is 25.3 Å². The molecule has 0 saturated heterocycles. The van der Waals surface area contributed by atoms with E-state index in [0.717, 1.165) is 24.3 Å². The van der Waals surface area contributed by atoms with Crippen molar-refractivity contribution in [3.63, 3.8) is 0 Å². The second kappa shape index (κ2) is 10.1. The van der Waals surface area contributed by atoms with Crippen LogP contribution in [0.1, 0.15) is 33.5 Å². The van der Waals surface area contributed by atoms with Crippen molar-refractivity contribution in [3.05, 3.63) is 76.8 Å². The Morgan fingerprint density at radius 3 is 2.57 bits per heavy atom. The van der Waals surface area contributed by atoms with E-state index in [0.29, 0.717) is 6.07 Å². The molecule has 4 rings (SSSR count). The Morgan fingerprint density at radius 1 is 1.16 bits per heavy atom. The molecular weight excluding hydrogens is 503 g/mol. The molecule has 0 saturated carbocycles. The summed E-state index contributed by atoms with van der Waals surface area (Å²) in [5.41, 5.74) is 4.45. The first-order valence-electron chi connectivity index (χ1n) is 10.7. The highest BCUT2D eigenvalue weighted by molar-refractivity contribution is 5.98. The Labute approximate surface area is 205 Å². The average molecular weight is 522 g/mol. The van der Waals surface area contributed by atoms with E-state index in [-0.39, 0.29) is 51.7 Å². The fourth-order valence-electron chi connectivity index (χ4n) is 3.57. The van der Waals surface area contributed by atoms with Crippen LogP contribution in [-0.4, -0.2) is 34.7 Å². The van der Waals surface area contributed by atoms with E-state index < -0.39 is 42.1 Å². The fourth-order valence-corrected chi connectivity index (χ4v) is 3.57. The molecular formula is C24H19F5N4O4. The third-order valence-corrected chi connectivity index (χ3v) is 5.42. The number of methoxy groups -OCH3 is 1. The molecule has 0 aliphatic rings. The van der Waals surface area contributed by atoms with E-state index in [9.17, 15) is 31.9 Å². The van der Waals surface area contributed by atoms with Gasteiger partial charge in [-0.05, 0) is 30.3 Å². The molecule has 4 N–H and O–H groups in total. The number of pyridine rings is 1. The molecule has 2 aromatic heterocycles. The van der Waals surface area contributed by atoms with E-state index in [1.807, 2.05) is 0 Å². The number of halogens is 5. The third kappa shape index (κ3) is 5.22. The number of hydrogen-bond acceptors (Lipinski definition) is 7. The second-order valence-corrected chi connectivity index (χ2v) is 7.85. The van der Waals surface area contributed by atoms with E-state index in [2.05, 4.69) is 15.3 Å². The molecule has 0 spiro atoms. The van der Waals surface area contributed by atoms with Gasteiger partial charge in [0.05, 0.1) is 19.8 Å². The van der Waals surface area contributed by atoms with Gasteiger partial charge in [-0.2, -0.15) is 13.2 Å². The van der Waals surface area contributed by atoms with Gasteiger partial charge in [-0.25, -0.2) is 18.7 Å². The maximum absolute atomic E-state index is 13.9. The Balaban J connectivity index is 1.75. The number of carbonyl (C=O) groups is 1. The molecule has 37 heavy (non-hydrogen) atoms. The Kier molecular flexibility index (Phi) is 7.09. The standard InChI is InChI=1S/C24H19F5N4O4/c1-36-17-6-4-14(13-5-7-18(24(27,28)29)32-19(13)17)23-33-20(21(37-23)16(30)10-34)22(35)31-9-11-2-3-12(25)8-15(11)26/h2-8,16,34H,9-10,30H2,1H3,(H,31,35). The van der Waals surface area contributed by atoms with Crippen LogP contribution < -0.4 is 15.8 Å². The number of benzene rings is 2. The van der Waals surface area contributed by atoms with Crippen molar-refractivity contribution in [2.24, 2.45) is 5.73 Å². The lowest BCUT2D eigenvalue weighted by Crippen LogP contribution is -2.26. The van der Waals surface area contributed by atoms with Crippen LogP contribution >= 0.6 is 0 Å². The lowest BCUT2D eigenvalue weighted by molar-refractivity contribution is -0.140. The minimum atomic E-state index is -4.70. The third-order valence-electron chi connectivity index (χ3n) is 5.42. The van der Waals surface area contributed by atoms with Crippen LogP contribution in [0.4, 0.5) is 22.0 Å². The molecule has 1 amide bonds. The monoisotopic (exact) mass is 522 g/mol. The van der Waals surface area contributed by atoms with Crippen molar-refractivity contribution >= 4 is 16.8 Å². The Morgan fingerprint density at radius 2 is 1.92 bits per heavy atom. The number of ether oxygens (including phenoxy) is 1. The lowest BCUT2D eigenvalue weighted by Gasteiger charge is -2.11. The molecule has 8 nitrogen and oxygen atoms in total. The van der Waals surface area contributed by atoms with Crippen molar-refractivity contribution in [2.45, 2.75) is 18.8 Å². The highest BCUT2D eigenvalue weighted by atomic mass is 19.4. The van der Waals surface area contributed by atoms with Crippen LogP contribution in [0.15, 0.2) is 46.9 Å². The van der Waals surface area contributed by atoms with Gasteiger partial charge in [-0.1, -0.05) is 6.07 Å². The van der Waals surface area contributed by atoms with Crippen LogP contribution in [0.25, 0.3) is 22.4 Å². The van der Waals surface area contributed by atoms with Crippen LogP contribution in [0, 0.1) is 11.6 Å². The Hall–Kier alpha value is -4.10. The number of carbonyl (C=O) groups excluding carboxylic acids is 1. The van der Waals surface area contributed by atoms with Crippen molar-refractivity contribution in [1.82, 2.24) is 15.3 Å². The first kappa shape index (κ1) is 26.0. The molecule has 0 bridgehead atoms. The number of aromatic nitrogens is 2. The molecule has 0 aliphatic carbocycles. The average Bonchev–Trinajstić information content (AvgIpc) is 3.31. The summed E-state index contributed by atoms with van der Waals surface area (Å²) < 4.78 is 77.6. The van der Waals surface area contributed by atoms with E-state index in [1.54, 1.807) is 0 Å². The van der Waals surface area contributed by atoms with Gasteiger partial charge >= 0.3 is 6.18 Å². The topological polar surface area (TPSA) is 124 Å². The largest absolute Gasteiger partial charge is 0.494 e. The second-order valence-electron chi connectivity index (χ2n) is 7.85. The number of amides is 1. The number of nitrogens with two attached hydrogens (primary N) is 1. The summed E-state index contributed by atoms with van der Waals surface area (Å²) in [6, 6.07) is 6.42. The molecule has 1 atom stereocenters. The van der Waals surface area contributed by atoms with Crippen molar-refractivity contribution < 1.29 is 41.0 Å². The predicted molar refractivity (Wildman–Crippen MR) is 120 cm³/mol. The fraction of sp³-hybridized carbons (Fsp3) is 0.208. The number of nitrogens with one attached hydrogen (secondary N) is 1. The maximum atomic E-state index is 13.9. The van der Waals surface area contributed by atoms with Crippen molar-refractivity contribution in [2.75, 3.05) is 13.7 Å². The van der Waals surface area contributed by atoms with Crippen LogP contribution in [0.2, 0.25) is 0 Å². The van der Waals surface area contributed by atoms with Crippen molar-refractivity contribution in [1.29, 1.82) is 0 Å². The summed E-state index contributed by atoms with van der Waals surface area (Å²) in [6.45, 7) is -0.947. The zero-order chi connectivity index (χ0) is 26.9. The highest BCUT2D eigenvalue weighted by Gasteiger charge is 2.33. The van der Waals surface area contributed by atoms with Crippen molar-refractivity contribution in [3.8, 4) is 17.2 Å². The van der Waals surface area contributed by atoms with Gasteiger partial charge in [0, 0.05) is 29.1 Å². The predicted octanol–water partition coefficient (Wildman–Crippen LogP) is 4.12. The summed E-state index contributed by atoms with van der Waals surface area (Å²) in [4.78, 5) is 20.7. The molecule has 0 fully saturated rings.